The fraction of sp³-hybridized carbons (Fsp3) is 0.188. The molecule has 5 nitrogen and oxygen atoms in total. The molecule has 0 fully saturated rings. The molecule has 0 aliphatic carbocycles. The lowest BCUT2D eigenvalue weighted by Gasteiger charge is -2.02. The van der Waals surface area contributed by atoms with E-state index in [9.17, 15) is 9.59 Å². The smallest absolute Gasteiger partial charge is 0.331 e. The van der Waals surface area contributed by atoms with Crippen molar-refractivity contribution < 1.29 is 14.3 Å². The quantitative estimate of drug-likeness (QED) is 0.628. The second-order valence-corrected chi connectivity index (χ2v) is 5.04. The fourth-order valence-corrected chi connectivity index (χ4v) is 2.15. The second-order valence-electron chi connectivity index (χ2n) is 4.68. The maximum Gasteiger partial charge on any atom is 0.331 e. The highest BCUT2D eigenvalue weighted by Gasteiger charge is 2.12. The summed E-state index contributed by atoms with van der Waals surface area (Å²) in [7, 11) is 0. The number of Topliss-reactive ketones (excluding diaryl/α,β-unsaturated/α-hetero) is 1. The molecule has 2 aromatic rings. The third-order valence-electron chi connectivity index (χ3n) is 2.85. The molecule has 0 spiro atoms. The predicted molar refractivity (Wildman–Crippen MR) is 84.0 cm³/mol. The summed E-state index contributed by atoms with van der Waals surface area (Å²) in [6, 6.07) is 9.44. The van der Waals surface area contributed by atoms with Gasteiger partial charge in [0.15, 0.2) is 5.78 Å². The molecule has 1 aromatic heterocycles. The molecule has 0 radical (unpaired) electrons. The molecule has 0 saturated heterocycles. The van der Waals surface area contributed by atoms with Gasteiger partial charge in [0.1, 0.15) is 11.8 Å². The van der Waals surface area contributed by atoms with Gasteiger partial charge in [0.25, 0.3) is 0 Å². The number of hydrogen-bond acceptors (Lipinski definition) is 4. The molecule has 0 N–H and O–H groups in total. The molecule has 1 heterocycles. The molecule has 2 rings (SSSR count). The first-order chi connectivity index (χ1) is 10.5. The van der Waals surface area contributed by atoms with Crippen LogP contribution in [-0.4, -0.2) is 28.1 Å². The first kappa shape index (κ1) is 16.0. The molecule has 22 heavy (non-hydrogen) atoms. The minimum Gasteiger partial charge on any atom is -0.455 e. The average Bonchev–Trinajstić information content (AvgIpc) is 2.79. The van der Waals surface area contributed by atoms with Crippen LogP contribution < -0.4 is 0 Å². The van der Waals surface area contributed by atoms with Crippen LogP contribution in [0.5, 0.6) is 0 Å². The van der Waals surface area contributed by atoms with Crippen molar-refractivity contribution in [3.05, 3.63) is 52.8 Å². The van der Waals surface area contributed by atoms with Crippen molar-refractivity contribution in [2.24, 2.45) is 0 Å². The van der Waals surface area contributed by atoms with Gasteiger partial charge in [-0.15, -0.1) is 0 Å². The van der Waals surface area contributed by atoms with Crippen LogP contribution in [0, 0.1) is 6.92 Å². The maximum absolute atomic E-state index is 11.5. The lowest BCUT2D eigenvalue weighted by Crippen LogP contribution is -2.08. The van der Waals surface area contributed by atoms with Crippen molar-refractivity contribution in [2.75, 3.05) is 6.61 Å². The highest BCUT2D eigenvalue weighted by molar-refractivity contribution is 6.31. The van der Waals surface area contributed by atoms with E-state index >= 15 is 0 Å². The van der Waals surface area contributed by atoms with E-state index in [1.165, 1.54) is 19.1 Å². The van der Waals surface area contributed by atoms with Gasteiger partial charge in [-0.2, -0.15) is 5.10 Å². The molecule has 0 amide bonds. The largest absolute Gasteiger partial charge is 0.455 e. The summed E-state index contributed by atoms with van der Waals surface area (Å²) >= 11 is 6.32. The van der Waals surface area contributed by atoms with E-state index in [1.807, 2.05) is 30.3 Å². The van der Waals surface area contributed by atoms with Crippen molar-refractivity contribution in [3.8, 4) is 5.69 Å². The van der Waals surface area contributed by atoms with Crippen molar-refractivity contribution in [2.45, 2.75) is 13.8 Å². The minimum absolute atomic E-state index is 0.215. The van der Waals surface area contributed by atoms with Crippen LogP contribution in [0.3, 0.4) is 0 Å². The molecule has 0 bridgehead atoms. The standard InChI is InChI=1S/C16H15ClN2O3/c1-11(20)10-22-15(21)9-8-14-12(2)18-19(16(14)17)13-6-4-3-5-7-13/h3-9H,10H2,1-2H3/b9-8+. The minimum atomic E-state index is -0.599. The Balaban J connectivity index is 2.21. The van der Waals surface area contributed by atoms with E-state index in [4.69, 9.17) is 16.3 Å². The van der Waals surface area contributed by atoms with Crippen molar-refractivity contribution in [1.82, 2.24) is 9.78 Å². The fourth-order valence-electron chi connectivity index (χ4n) is 1.81. The topological polar surface area (TPSA) is 61.2 Å². The number of ketones is 1. The van der Waals surface area contributed by atoms with Crippen molar-refractivity contribution in [1.29, 1.82) is 0 Å². The number of carbonyl (C=O) groups excluding carboxylic acids is 2. The van der Waals surface area contributed by atoms with Gasteiger partial charge in [-0.05, 0) is 32.1 Å². The van der Waals surface area contributed by atoms with Gasteiger partial charge < -0.3 is 4.74 Å². The summed E-state index contributed by atoms with van der Waals surface area (Å²) in [5.74, 6) is -0.814. The monoisotopic (exact) mass is 318 g/mol. The van der Waals surface area contributed by atoms with Crippen LogP contribution in [0.4, 0.5) is 0 Å². The molecular formula is C16H15ClN2O3. The van der Waals surface area contributed by atoms with Crippen LogP contribution >= 0.6 is 11.6 Å². The number of para-hydroxylation sites is 1. The summed E-state index contributed by atoms with van der Waals surface area (Å²) in [6.45, 7) is 2.91. The lowest BCUT2D eigenvalue weighted by molar-refractivity contribution is -0.142. The Morgan fingerprint density at radius 2 is 2.00 bits per heavy atom. The number of nitrogens with zero attached hydrogens (tertiary/aromatic N) is 2. The van der Waals surface area contributed by atoms with Gasteiger partial charge >= 0.3 is 5.97 Å². The zero-order chi connectivity index (χ0) is 16.1. The number of rotatable bonds is 5. The number of hydrogen-bond donors (Lipinski definition) is 0. The van der Waals surface area contributed by atoms with Crippen molar-refractivity contribution in [3.63, 3.8) is 0 Å². The molecule has 6 heteroatoms. The molecule has 1 aromatic carbocycles. The first-order valence-corrected chi connectivity index (χ1v) is 7.01. The summed E-state index contributed by atoms with van der Waals surface area (Å²) in [6.07, 6.45) is 2.76. The van der Waals surface area contributed by atoms with Gasteiger partial charge in [-0.25, -0.2) is 9.48 Å². The third-order valence-corrected chi connectivity index (χ3v) is 3.22. The van der Waals surface area contributed by atoms with Gasteiger partial charge in [0.05, 0.1) is 11.4 Å². The second kappa shape index (κ2) is 7.04. The van der Waals surface area contributed by atoms with Crippen LogP contribution in [-0.2, 0) is 14.3 Å². The van der Waals surface area contributed by atoms with E-state index in [0.29, 0.717) is 16.4 Å². The van der Waals surface area contributed by atoms with Gasteiger partial charge in [-0.1, -0.05) is 29.8 Å². The Labute approximate surface area is 133 Å². The number of carbonyl (C=O) groups is 2. The lowest BCUT2D eigenvalue weighted by atomic mass is 10.2. The number of aromatic nitrogens is 2. The molecule has 0 atom stereocenters. The summed E-state index contributed by atoms with van der Waals surface area (Å²) < 4.78 is 6.35. The Bertz CT molecular complexity index is 720. The van der Waals surface area contributed by atoms with E-state index in [1.54, 1.807) is 11.6 Å². The number of ether oxygens (including phenoxy) is 1. The summed E-state index contributed by atoms with van der Waals surface area (Å²) in [5.41, 5.74) is 2.14. The predicted octanol–water partition coefficient (Wildman–Crippen LogP) is 2.98. The Morgan fingerprint density at radius 3 is 2.64 bits per heavy atom. The highest BCUT2D eigenvalue weighted by Crippen LogP contribution is 2.24. The number of esters is 1. The molecule has 0 aliphatic heterocycles. The number of benzene rings is 1. The summed E-state index contributed by atoms with van der Waals surface area (Å²) in [5, 5.41) is 4.76. The van der Waals surface area contributed by atoms with Gasteiger partial charge in [-0.3, -0.25) is 4.79 Å². The van der Waals surface area contributed by atoms with Gasteiger partial charge in [0, 0.05) is 11.6 Å². The molecule has 114 valence electrons. The van der Waals surface area contributed by atoms with Crippen LogP contribution in [0.25, 0.3) is 11.8 Å². The zero-order valence-corrected chi connectivity index (χ0v) is 13.0. The summed E-state index contributed by atoms with van der Waals surface area (Å²) in [4.78, 5) is 22.2. The molecule has 0 saturated carbocycles. The normalized spacial score (nSPS) is 10.9. The third kappa shape index (κ3) is 3.83. The number of halogens is 1. The van der Waals surface area contributed by atoms with Crippen LogP contribution in [0.15, 0.2) is 36.4 Å². The van der Waals surface area contributed by atoms with Crippen LogP contribution in [0.1, 0.15) is 18.2 Å². The zero-order valence-electron chi connectivity index (χ0n) is 12.2. The Morgan fingerprint density at radius 1 is 1.32 bits per heavy atom. The molecule has 0 aliphatic rings. The van der Waals surface area contributed by atoms with Crippen LogP contribution in [0.2, 0.25) is 5.15 Å². The van der Waals surface area contributed by atoms with E-state index < -0.39 is 5.97 Å². The van der Waals surface area contributed by atoms with E-state index in [2.05, 4.69) is 5.10 Å². The Kier molecular flexibility index (Phi) is 5.12. The first-order valence-electron chi connectivity index (χ1n) is 6.64. The maximum atomic E-state index is 11.5. The molecular weight excluding hydrogens is 304 g/mol. The van der Waals surface area contributed by atoms with E-state index in [0.717, 1.165) is 5.69 Å². The molecule has 0 unspecified atom stereocenters. The Hall–Kier alpha value is -2.40. The SMILES string of the molecule is CC(=O)COC(=O)/C=C/c1c(C)nn(-c2ccccc2)c1Cl. The van der Waals surface area contributed by atoms with Crippen molar-refractivity contribution >= 4 is 29.4 Å². The van der Waals surface area contributed by atoms with Gasteiger partial charge in [0.2, 0.25) is 0 Å². The number of aryl methyl sites for hydroxylation is 1. The van der Waals surface area contributed by atoms with E-state index in [-0.39, 0.29) is 12.4 Å². The highest BCUT2D eigenvalue weighted by atomic mass is 35.5. The average molecular weight is 319 g/mol.